The Morgan fingerprint density at radius 2 is 1.66 bits per heavy atom. The number of carboxylic acid groups (broad SMARTS) is 1. The van der Waals surface area contributed by atoms with Crippen LogP contribution in [0, 0.1) is 17.8 Å². The maximum atomic E-state index is 12.8. The number of likely N-dealkylation sites (tertiary alicyclic amines) is 1. The molecular weight excluding hydrogens is 366 g/mol. The fourth-order valence-electron chi connectivity index (χ4n) is 5.62. The van der Waals surface area contributed by atoms with Crippen LogP contribution >= 0.6 is 0 Å². The van der Waals surface area contributed by atoms with Gasteiger partial charge < -0.3 is 14.7 Å². The van der Waals surface area contributed by atoms with Crippen molar-refractivity contribution in [3.05, 3.63) is 35.9 Å². The topological polar surface area (TPSA) is 66.8 Å². The van der Waals surface area contributed by atoms with Crippen LogP contribution in [-0.2, 0) is 14.3 Å². The highest BCUT2D eigenvalue weighted by atomic mass is 16.5. The first-order chi connectivity index (χ1) is 14.1. The van der Waals surface area contributed by atoms with Crippen LogP contribution in [0.1, 0.15) is 62.8 Å². The maximum absolute atomic E-state index is 12.8. The number of amides is 1. The van der Waals surface area contributed by atoms with Crippen LogP contribution in [-0.4, -0.2) is 47.7 Å². The SMILES string of the molecule is O=C(O)C1CCO[C@H]1C1CCN(C(=O)CC2CCC(c3ccccc3)CC2)CC1. The minimum absolute atomic E-state index is 0.169. The molecule has 0 spiro atoms. The molecule has 3 aliphatic rings. The molecule has 2 heterocycles. The van der Waals surface area contributed by atoms with Crippen LogP contribution < -0.4 is 0 Å². The van der Waals surface area contributed by atoms with Crippen molar-refractivity contribution in [3.8, 4) is 0 Å². The monoisotopic (exact) mass is 399 g/mol. The molecule has 0 bridgehead atoms. The van der Waals surface area contributed by atoms with E-state index in [1.54, 1.807) is 0 Å². The third-order valence-corrected chi connectivity index (χ3v) is 7.39. The molecule has 1 saturated carbocycles. The van der Waals surface area contributed by atoms with E-state index in [-0.39, 0.29) is 23.8 Å². The Bertz CT molecular complexity index is 690. The molecule has 1 aromatic rings. The zero-order chi connectivity index (χ0) is 20.2. The number of aliphatic carboxylic acids is 1. The van der Waals surface area contributed by atoms with E-state index in [1.807, 2.05) is 4.90 Å². The Labute approximate surface area is 173 Å². The van der Waals surface area contributed by atoms with Crippen molar-refractivity contribution in [1.29, 1.82) is 0 Å². The summed E-state index contributed by atoms with van der Waals surface area (Å²) in [6.07, 6.45) is 7.48. The van der Waals surface area contributed by atoms with Crippen LogP contribution in [0.25, 0.3) is 0 Å². The molecule has 29 heavy (non-hydrogen) atoms. The number of carbonyl (C=O) groups is 2. The minimum atomic E-state index is -0.739. The molecule has 1 amide bonds. The van der Waals surface area contributed by atoms with Crippen molar-refractivity contribution >= 4 is 11.9 Å². The van der Waals surface area contributed by atoms with Crippen molar-refractivity contribution in [2.24, 2.45) is 17.8 Å². The first-order valence-corrected chi connectivity index (χ1v) is 11.3. The lowest BCUT2D eigenvalue weighted by molar-refractivity contribution is -0.146. The predicted octanol–water partition coefficient (Wildman–Crippen LogP) is 4.08. The van der Waals surface area contributed by atoms with Crippen LogP contribution in [0.5, 0.6) is 0 Å². The van der Waals surface area contributed by atoms with E-state index < -0.39 is 5.97 Å². The number of piperidine rings is 1. The van der Waals surface area contributed by atoms with Gasteiger partial charge in [-0.2, -0.15) is 0 Å². The van der Waals surface area contributed by atoms with Gasteiger partial charge in [0, 0.05) is 26.1 Å². The van der Waals surface area contributed by atoms with Gasteiger partial charge in [0.05, 0.1) is 12.0 Å². The average Bonchev–Trinajstić information content (AvgIpc) is 3.25. The largest absolute Gasteiger partial charge is 0.481 e. The zero-order valence-corrected chi connectivity index (χ0v) is 17.2. The van der Waals surface area contributed by atoms with Gasteiger partial charge in [0.1, 0.15) is 0 Å². The summed E-state index contributed by atoms with van der Waals surface area (Å²) in [6, 6.07) is 10.7. The van der Waals surface area contributed by atoms with Crippen LogP contribution in [0.2, 0.25) is 0 Å². The number of carbonyl (C=O) groups excluding carboxylic acids is 1. The number of carboxylic acids is 1. The molecule has 0 radical (unpaired) electrons. The van der Waals surface area contributed by atoms with Crippen molar-refractivity contribution in [2.75, 3.05) is 19.7 Å². The third-order valence-electron chi connectivity index (χ3n) is 7.39. The predicted molar refractivity (Wildman–Crippen MR) is 111 cm³/mol. The number of hydrogen-bond donors (Lipinski definition) is 1. The summed E-state index contributed by atoms with van der Waals surface area (Å²) in [4.78, 5) is 26.2. The van der Waals surface area contributed by atoms with E-state index in [0.29, 0.717) is 31.3 Å². The van der Waals surface area contributed by atoms with Gasteiger partial charge in [0.2, 0.25) is 5.91 Å². The van der Waals surface area contributed by atoms with Gasteiger partial charge in [-0.05, 0) is 68.3 Å². The van der Waals surface area contributed by atoms with Crippen molar-refractivity contribution in [1.82, 2.24) is 4.90 Å². The summed E-state index contributed by atoms with van der Waals surface area (Å²) in [5.41, 5.74) is 1.44. The van der Waals surface area contributed by atoms with Crippen molar-refractivity contribution in [2.45, 2.75) is 63.4 Å². The Balaban J connectivity index is 1.21. The van der Waals surface area contributed by atoms with Gasteiger partial charge in [0.25, 0.3) is 0 Å². The second-order valence-electron chi connectivity index (χ2n) is 9.12. The summed E-state index contributed by atoms with van der Waals surface area (Å²) >= 11 is 0. The molecule has 2 atom stereocenters. The number of hydrogen-bond acceptors (Lipinski definition) is 3. The lowest BCUT2D eigenvalue weighted by Crippen LogP contribution is -2.43. The van der Waals surface area contributed by atoms with E-state index in [9.17, 15) is 14.7 Å². The lowest BCUT2D eigenvalue weighted by atomic mass is 9.77. The molecular formula is C24H33NO4. The molecule has 4 rings (SSSR count). The summed E-state index contributed by atoms with van der Waals surface area (Å²) in [6.45, 7) is 2.04. The third kappa shape index (κ3) is 4.82. The summed E-state index contributed by atoms with van der Waals surface area (Å²) in [5, 5.41) is 9.38. The second kappa shape index (κ2) is 9.29. The van der Waals surface area contributed by atoms with Crippen molar-refractivity contribution < 1.29 is 19.4 Å². The molecule has 5 heteroatoms. The van der Waals surface area contributed by atoms with E-state index in [4.69, 9.17) is 4.74 Å². The van der Waals surface area contributed by atoms with Gasteiger partial charge in [-0.3, -0.25) is 9.59 Å². The van der Waals surface area contributed by atoms with Crippen LogP contribution in [0.15, 0.2) is 30.3 Å². The molecule has 2 aliphatic heterocycles. The van der Waals surface area contributed by atoms with E-state index >= 15 is 0 Å². The van der Waals surface area contributed by atoms with Gasteiger partial charge in [0.15, 0.2) is 0 Å². The zero-order valence-electron chi connectivity index (χ0n) is 17.2. The van der Waals surface area contributed by atoms with E-state index in [1.165, 1.54) is 18.4 Å². The standard InChI is InChI=1S/C24H33NO4/c26-22(16-17-6-8-19(9-7-17)18-4-2-1-3-5-18)25-13-10-20(11-14-25)23-21(24(27)28)12-15-29-23/h1-5,17,19-21,23H,6-16H2,(H,27,28)/t17?,19?,21?,23-/m0/s1. The number of nitrogens with zero attached hydrogens (tertiary/aromatic N) is 1. The quantitative estimate of drug-likeness (QED) is 0.810. The average molecular weight is 400 g/mol. The van der Waals surface area contributed by atoms with Gasteiger partial charge in [-0.1, -0.05) is 30.3 Å². The molecule has 5 nitrogen and oxygen atoms in total. The highest BCUT2D eigenvalue weighted by molar-refractivity contribution is 5.76. The molecule has 0 aromatic heterocycles. The number of ether oxygens (including phenoxy) is 1. The van der Waals surface area contributed by atoms with E-state index in [2.05, 4.69) is 30.3 Å². The van der Waals surface area contributed by atoms with Gasteiger partial charge in [-0.15, -0.1) is 0 Å². The van der Waals surface area contributed by atoms with Crippen molar-refractivity contribution in [3.63, 3.8) is 0 Å². The molecule has 1 unspecified atom stereocenters. The molecule has 1 N–H and O–H groups in total. The molecule has 2 saturated heterocycles. The highest BCUT2D eigenvalue weighted by Crippen LogP contribution is 2.38. The Hall–Kier alpha value is -1.88. The van der Waals surface area contributed by atoms with Gasteiger partial charge >= 0.3 is 5.97 Å². The minimum Gasteiger partial charge on any atom is -0.481 e. The van der Waals surface area contributed by atoms with Gasteiger partial charge in [-0.25, -0.2) is 0 Å². The highest BCUT2D eigenvalue weighted by Gasteiger charge is 2.41. The number of rotatable bonds is 5. The molecule has 158 valence electrons. The fraction of sp³-hybridized carbons (Fsp3) is 0.667. The fourth-order valence-corrected chi connectivity index (χ4v) is 5.62. The Kier molecular flexibility index (Phi) is 6.53. The van der Waals surface area contributed by atoms with Crippen LogP contribution in [0.4, 0.5) is 0 Å². The lowest BCUT2D eigenvalue weighted by Gasteiger charge is -2.36. The Morgan fingerprint density at radius 3 is 2.31 bits per heavy atom. The second-order valence-corrected chi connectivity index (χ2v) is 9.12. The smallest absolute Gasteiger partial charge is 0.309 e. The maximum Gasteiger partial charge on any atom is 0.309 e. The molecule has 1 aliphatic carbocycles. The summed E-state index contributed by atoms with van der Waals surface area (Å²) in [7, 11) is 0. The van der Waals surface area contributed by atoms with E-state index in [0.717, 1.165) is 38.8 Å². The normalized spacial score (nSPS) is 31.0. The molecule has 1 aromatic carbocycles. The van der Waals surface area contributed by atoms with Crippen LogP contribution in [0.3, 0.4) is 0 Å². The summed E-state index contributed by atoms with van der Waals surface area (Å²) < 4.78 is 5.75. The first-order valence-electron chi connectivity index (χ1n) is 11.3. The summed E-state index contributed by atoms with van der Waals surface area (Å²) in [5.74, 6) is 0.596. The Morgan fingerprint density at radius 1 is 0.966 bits per heavy atom. The number of benzene rings is 1. The molecule has 3 fully saturated rings. The first kappa shape index (κ1) is 20.4.